The van der Waals surface area contributed by atoms with Gasteiger partial charge in [0.25, 0.3) is 0 Å². The zero-order chi connectivity index (χ0) is 12.1. The second-order valence-electron chi connectivity index (χ2n) is 3.56. The van der Waals surface area contributed by atoms with Gasteiger partial charge in [-0.2, -0.15) is 5.26 Å². The van der Waals surface area contributed by atoms with E-state index in [0.29, 0.717) is 12.3 Å². The number of pyridine rings is 1. The van der Waals surface area contributed by atoms with E-state index in [1.807, 2.05) is 36.4 Å². The van der Waals surface area contributed by atoms with Crippen molar-refractivity contribution in [1.29, 1.82) is 5.26 Å². The van der Waals surface area contributed by atoms with Crippen molar-refractivity contribution in [3.05, 3.63) is 48.2 Å². The Hall–Kier alpha value is -2.34. The maximum Gasteiger partial charge on any atom is 0.221 e. The van der Waals surface area contributed by atoms with Gasteiger partial charge in [0.05, 0.1) is 19.6 Å². The quantitative estimate of drug-likeness (QED) is 0.805. The van der Waals surface area contributed by atoms with Crippen LogP contribution in [0, 0.1) is 11.3 Å². The number of nitrogens with zero attached hydrogens (tertiary/aromatic N) is 2. The normalized spacial score (nSPS) is 9.65. The summed E-state index contributed by atoms with van der Waals surface area (Å²) < 4.78 is 5.27. The molecular formula is C14H12N2O. The highest BCUT2D eigenvalue weighted by Crippen LogP contribution is 2.31. The van der Waals surface area contributed by atoms with Crippen LogP contribution in [-0.2, 0) is 6.42 Å². The molecule has 3 nitrogen and oxygen atoms in total. The average molecular weight is 224 g/mol. The highest BCUT2D eigenvalue weighted by Gasteiger charge is 2.11. The van der Waals surface area contributed by atoms with Crippen molar-refractivity contribution in [3.8, 4) is 23.1 Å². The van der Waals surface area contributed by atoms with Gasteiger partial charge in [-0.15, -0.1) is 0 Å². The van der Waals surface area contributed by atoms with Crippen LogP contribution in [-0.4, -0.2) is 12.1 Å². The molecule has 0 unspecified atom stereocenters. The zero-order valence-corrected chi connectivity index (χ0v) is 9.55. The molecule has 1 aromatic carbocycles. The Morgan fingerprint density at radius 1 is 1.24 bits per heavy atom. The highest BCUT2D eigenvalue weighted by atomic mass is 16.5. The molecule has 0 bridgehead atoms. The molecule has 17 heavy (non-hydrogen) atoms. The summed E-state index contributed by atoms with van der Waals surface area (Å²) in [6, 6.07) is 13.9. The molecule has 0 saturated heterocycles. The summed E-state index contributed by atoms with van der Waals surface area (Å²) in [7, 11) is 1.59. The SMILES string of the molecule is COc1nccc(CC#N)c1-c1ccccc1. The fourth-order valence-corrected chi connectivity index (χ4v) is 1.78. The molecule has 3 heteroatoms. The topological polar surface area (TPSA) is 45.9 Å². The van der Waals surface area contributed by atoms with Crippen molar-refractivity contribution in [2.24, 2.45) is 0 Å². The molecular weight excluding hydrogens is 212 g/mol. The molecule has 0 radical (unpaired) electrons. The molecule has 0 spiro atoms. The minimum atomic E-state index is 0.350. The number of hydrogen-bond donors (Lipinski definition) is 0. The summed E-state index contributed by atoms with van der Waals surface area (Å²) in [4.78, 5) is 4.18. The summed E-state index contributed by atoms with van der Waals surface area (Å²) in [5.74, 6) is 0.559. The van der Waals surface area contributed by atoms with E-state index in [1.54, 1.807) is 13.3 Å². The average Bonchev–Trinajstić information content (AvgIpc) is 2.40. The van der Waals surface area contributed by atoms with Crippen molar-refractivity contribution in [3.63, 3.8) is 0 Å². The number of ether oxygens (including phenoxy) is 1. The fourth-order valence-electron chi connectivity index (χ4n) is 1.78. The van der Waals surface area contributed by atoms with Crippen LogP contribution in [0.25, 0.3) is 11.1 Å². The van der Waals surface area contributed by atoms with Crippen LogP contribution in [0.2, 0.25) is 0 Å². The Balaban J connectivity index is 2.61. The van der Waals surface area contributed by atoms with E-state index in [2.05, 4.69) is 11.1 Å². The van der Waals surface area contributed by atoms with Crippen LogP contribution < -0.4 is 4.74 Å². The summed E-state index contributed by atoms with van der Waals surface area (Å²) in [5, 5.41) is 8.84. The zero-order valence-electron chi connectivity index (χ0n) is 9.55. The maximum atomic E-state index is 8.84. The number of aromatic nitrogens is 1. The molecule has 1 aromatic heterocycles. The van der Waals surface area contributed by atoms with Crippen molar-refractivity contribution in [1.82, 2.24) is 4.98 Å². The predicted molar refractivity (Wildman–Crippen MR) is 65.5 cm³/mol. The third kappa shape index (κ3) is 2.26. The van der Waals surface area contributed by atoms with Crippen LogP contribution in [0.15, 0.2) is 42.6 Å². The minimum Gasteiger partial charge on any atom is -0.481 e. The van der Waals surface area contributed by atoms with Gasteiger partial charge >= 0.3 is 0 Å². The molecule has 2 aromatic rings. The Labute approximate surface area is 100 Å². The summed E-state index contributed by atoms with van der Waals surface area (Å²) in [6.07, 6.45) is 2.01. The first-order valence-corrected chi connectivity index (χ1v) is 5.31. The van der Waals surface area contributed by atoms with Gasteiger partial charge in [-0.3, -0.25) is 0 Å². The van der Waals surface area contributed by atoms with Crippen LogP contribution in [0.3, 0.4) is 0 Å². The standard InChI is InChI=1S/C14H12N2O/c1-17-14-13(11-5-3-2-4-6-11)12(7-9-15)8-10-16-14/h2-6,8,10H,7H2,1H3. The van der Waals surface area contributed by atoms with Gasteiger partial charge in [0.2, 0.25) is 5.88 Å². The first kappa shape index (κ1) is 11.2. The third-order valence-corrected chi connectivity index (χ3v) is 2.53. The van der Waals surface area contributed by atoms with Gasteiger partial charge in [-0.25, -0.2) is 4.98 Å². The van der Waals surface area contributed by atoms with Gasteiger partial charge < -0.3 is 4.74 Å². The molecule has 0 fully saturated rings. The van der Waals surface area contributed by atoms with Gasteiger partial charge in [-0.05, 0) is 17.2 Å². The Morgan fingerprint density at radius 2 is 2.00 bits per heavy atom. The number of nitriles is 1. The molecule has 0 saturated carbocycles. The van der Waals surface area contributed by atoms with Crippen LogP contribution in [0.5, 0.6) is 5.88 Å². The van der Waals surface area contributed by atoms with Crippen molar-refractivity contribution in [2.45, 2.75) is 6.42 Å². The predicted octanol–water partition coefficient (Wildman–Crippen LogP) is 2.82. The molecule has 0 aliphatic carbocycles. The molecule has 1 heterocycles. The first-order valence-electron chi connectivity index (χ1n) is 5.31. The smallest absolute Gasteiger partial charge is 0.221 e. The monoisotopic (exact) mass is 224 g/mol. The van der Waals surface area contributed by atoms with E-state index in [-0.39, 0.29) is 0 Å². The van der Waals surface area contributed by atoms with Crippen LogP contribution in [0.4, 0.5) is 0 Å². The lowest BCUT2D eigenvalue weighted by Gasteiger charge is -2.11. The van der Waals surface area contributed by atoms with Crippen LogP contribution in [0.1, 0.15) is 5.56 Å². The number of hydrogen-bond acceptors (Lipinski definition) is 3. The molecule has 0 N–H and O–H groups in total. The molecule has 0 aliphatic heterocycles. The lowest BCUT2D eigenvalue weighted by molar-refractivity contribution is 0.399. The van der Waals surface area contributed by atoms with E-state index < -0.39 is 0 Å². The molecule has 2 rings (SSSR count). The van der Waals surface area contributed by atoms with E-state index in [9.17, 15) is 0 Å². The van der Waals surface area contributed by atoms with Gasteiger partial charge in [-0.1, -0.05) is 30.3 Å². The lowest BCUT2D eigenvalue weighted by atomic mass is 10.00. The van der Waals surface area contributed by atoms with Gasteiger partial charge in [0.15, 0.2) is 0 Å². The second-order valence-corrected chi connectivity index (χ2v) is 3.56. The second kappa shape index (κ2) is 5.13. The summed E-state index contributed by atoms with van der Waals surface area (Å²) in [6.45, 7) is 0. The number of methoxy groups -OCH3 is 1. The van der Waals surface area contributed by atoms with Crippen molar-refractivity contribution in [2.75, 3.05) is 7.11 Å². The highest BCUT2D eigenvalue weighted by molar-refractivity contribution is 5.72. The Kier molecular flexibility index (Phi) is 3.37. The largest absolute Gasteiger partial charge is 0.481 e. The Bertz CT molecular complexity index is 544. The van der Waals surface area contributed by atoms with E-state index in [0.717, 1.165) is 16.7 Å². The van der Waals surface area contributed by atoms with E-state index in [1.165, 1.54) is 0 Å². The molecule has 0 aliphatic rings. The van der Waals surface area contributed by atoms with E-state index in [4.69, 9.17) is 10.00 Å². The van der Waals surface area contributed by atoms with Crippen LogP contribution >= 0.6 is 0 Å². The summed E-state index contributed by atoms with van der Waals surface area (Å²) >= 11 is 0. The van der Waals surface area contributed by atoms with Crippen molar-refractivity contribution < 1.29 is 4.74 Å². The maximum absolute atomic E-state index is 8.84. The van der Waals surface area contributed by atoms with Gasteiger partial charge in [0.1, 0.15) is 0 Å². The number of rotatable bonds is 3. The third-order valence-electron chi connectivity index (χ3n) is 2.53. The lowest BCUT2D eigenvalue weighted by Crippen LogP contribution is -1.96. The Morgan fingerprint density at radius 3 is 2.65 bits per heavy atom. The molecule has 0 amide bonds. The number of benzene rings is 1. The summed E-state index contributed by atoms with van der Waals surface area (Å²) in [5.41, 5.74) is 2.85. The fraction of sp³-hybridized carbons (Fsp3) is 0.143. The van der Waals surface area contributed by atoms with Gasteiger partial charge in [0, 0.05) is 11.8 Å². The minimum absolute atomic E-state index is 0.350. The first-order chi connectivity index (χ1) is 8.36. The molecule has 0 atom stereocenters. The molecule has 84 valence electrons. The van der Waals surface area contributed by atoms with E-state index >= 15 is 0 Å². The van der Waals surface area contributed by atoms with Crippen molar-refractivity contribution >= 4 is 0 Å².